The molecule has 0 saturated carbocycles. The van der Waals surface area contributed by atoms with Gasteiger partial charge >= 0.3 is 12.2 Å². The molecule has 2 aromatic carbocycles. The fraction of sp³-hybridized carbons (Fsp3) is 0.176. The van der Waals surface area contributed by atoms with Crippen molar-refractivity contribution in [2.45, 2.75) is 12.6 Å². The molecule has 0 bridgehead atoms. The van der Waals surface area contributed by atoms with E-state index in [2.05, 4.69) is 10.6 Å². The van der Waals surface area contributed by atoms with Gasteiger partial charge in [0.25, 0.3) is 0 Å². The lowest BCUT2D eigenvalue weighted by atomic mass is 9.98. The first-order valence-corrected chi connectivity index (χ1v) is 7.37. The van der Waals surface area contributed by atoms with Gasteiger partial charge in [0.15, 0.2) is 0 Å². The Morgan fingerprint density at radius 2 is 1.72 bits per heavy atom. The van der Waals surface area contributed by atoms with Crippen LogP contribution in [0.2, 0.25) is 0 Å². The van der Waals surface area contributed by atoms with Crippen LogP contribution in [0.4, 0.5) is 23.7 Å². The Kier molecular flexibility index (Phi) is 5.63. The first-order valence-electron chi connectivity index (χ1n) is 7.37. The zero-order chi connectivity index (χ0) is 18.4. The van der Waals surface area contributed by atoms with Crippen molar-refractivity contribution in [1.82, 2.24) is 5.32 Å². The summed E-state index contributed by atoms with van der Waals surface area (Å²) in [6.45, 7) is -0.00457. The van der Waals surface area contributed by atoms with Crippen molar-refractivity contribution in [3.63, 3.8) is 0 Å². The second kappa shape index (κ2) is 7.69. The Morgan fingerprint density at radius 1 is 1.04 bits per heavy atom. The minimum Gasteiger partial charge on any atom is -0.352 e. The van der Waals surface area contributed by atoms with Crippen molar-refractivity contribution in [2.75, 3.05) is 11.9 Å². The Hall–Kier alpha value is -3.03. The van der Waals surface area contributed by atoms with Crippen molar-refractivity contribution in [3.05, 3.63) is 54.1 Å². The van der Waals surface area contributed by atoms with Gasteiger partial charge in [-0.1, -0.05) is 36.4 Å². The molecule has 2 rings (SSSR count). The maximum Gasteiger partial charge on any atom is 0.417 e. The minimum absolute atomic E-state index is 0.00457. The predicted octanol–water partition coefficient (Wildman–Crippen LogP) is 3.37. The monoisotopic (exact) mass is 351 g/mol. The number of carbonyl (C=O) groups is 2. The van der Waals surface area contributed by atoms with E-state index in [1.54, 1.807) is 30.3 Å². The highest BCUT2D eigenvalue weighted by Crippen LogP contribution is 2.38. The van der Waals surface area contributed by atoms with Crippen LogP contribution in [-0.2, 0) is 11.0 Å². The summed E-state index contributed by atoms with van der Waals surface area (Å²) in [6, 6.07) is 11.0. The number of hydrogen-bond donors (Lipinski definition) is 3. The number of nitrogens with one attached hydrogen (secondary N) is 2. The molecule has 5 nitrogen and oxygen atoms in total. The van der Waals surface area contributed by atoms with E-state index in [0.717, 1.165) is 6.07 Å². The van der Waals surface area contributed by atoms with Gasteiger partial charge in [0.05, 0.1) is 5.56 Å². The van der Waals surface area contributed by atoms with Gasteiger partial charge in [0.1, 0.15) is 0 Å². The van der Waals surface area contributed by atoms with Crippen molar-refractivity contribution < 1.29 is 22.8 Å². The number of carbonyl (C=O) groups excluding carboxylic acids is 2. The number of rotatable bonds is 5. The molecule has 25 heavy (non-hydrogen) atoms. The van der Waals surface area contributed by atoms with Crippen molar-refractivity contribution in [2.24, 2.45) is 5.73 Å². The molecule has 0 unspecified atom stereocenters. The third-order valence-corrected chi connectivity index (χ3v) is 3.34. The van der Waals surface area contributed by atoms with E-state index in [1.165, 1.54) is 12.1 Å². The fourth-order valence-electron chi connectivity index (χ4n) is 2.25. The summed E-state index contributed by atoms with van der Waals surface area (Å²) < 4.78 is 40.1. The second-order valence-corrected chi connectivity index (χ2v) is 5.21. The summed E-state index contributed by atoms with van der Waals surface area (Å²) in [5.74, 6) is -0.533. The summed E-state index contributed by atoms with van der Waals surface area (Å²) >= 11 is 0. The number of urea groups is 1. The van der Waals surface area contributed by atoms with Crippen molar-refractivity contribution in [3.8, 4) is 11.1 Å². The summed E-state index contributed by atoms with van der Waals surface area (Å²) in [5.41, 5.74) is 4.51. The molecule has 3 amide bonds. The topological polar surface area (TPSA) is 84.2 Å². The van der Waals surface area contributed by atoms with Crippen LogP contribution < -0.4 is 16.4 Å². The van der Waals surface area contributed by atoms with Crippen LogP contribution in [0, 0.1) is 0 Å². The molecule has 0 spiro atoms. The number of primary amides is 1. The van der Waals surface area contributed by atoms with Crippen LogP contribution in [0.15, 0.2) is 48.5 Å². The minimum atomic E-state index is -4.57. The molecular formula is C17H16F3N3O2. The Bertz CT molecular complexity index is 761. The van der Waals surface area contributed by atoms with E-state index in [-0.39, 0.29) is 24.2 Å². The smallest absolute Gasteiger partial charge is 0.352 e. The van der Waals surface area contributed by atoms with E-state index in [1.807, 2.05) is 0 Å². The molecule has 0 fully saturated rings. The largest absolute Gasteiger partial charge is 0.417 e. The van der Waals surface area contributed by atoms with E-state index < -0.39 is 23.7 Å². The Balaban J connectivity index is 2.22. The summed E-state index contributed by atoms with van der Waals surface area (Å²) in [6.07, 6.45) is -4.68. The van der Waals surface area contributed by atoms with Crippen LogP contribution in [0.25, 0.3) is 11.1 Å². The molecule has 4 N–H and O–H groups in total. The molecule has 0 saturated heterocycles. The number of anilines is 1. The van der Waals surface area contributed by atoms with Gasteiger partial charge in [0.2, 0.25) is 5.91 Å². The van der Waals surface area contributed by atoms with E-state index >= 15 is 0 Å². The molecule has 0 aliphatic carbocycles. The van der Waals surface area contributed by atoms with E-state index in [9.17, 15) is 22.8 Å². The number of hydrogen-bond acceptors (Lipinski definition) is 2. The van der Waals surface area contributed by atoms with Crippen LogP contribution in [0.1, 0.15) is 12.0 Å². The van der Waals surface area contributed by atoms with Gasteiger partial charge < -0.3 is 16.4 Å². The first kappa shape index (κ1) is 18.3. The van der Waals surface area contributed by atoms with Crippen LogP contribution >= 0.6 is 0 Å². The van der Waals surface area contributed by atoms with Gasteiger partial charge in [-0.05, 0) is 23.3 Å². The number of amides is 3. The molecular weight excluding hydrogens is 335 g/mol. The van der Waals surface area contributed by atoms with Crippen LogP contribution in [0.3, 0.4) is 0 Å². The maximum atomic E-state index is 13.4. The lowest BCUT2D eigenvalue weighted by Gasteiger charge is -2.15. The van der Waals surface area contributed by atoms with Gasteiger partial charge in [0, 0.05) is 18.7 Å². The summed E-state index contributed by atoms with van der Waals surface area (Å²) in [5, 5.41) is 4.60. The Labute approximate surface area is 142 Å². The highest BCUT2D eigenvalue weighted by atomic mass is 19.4. The number of alkyl halides is 3. The maximum absolute atomic E-state index is 13.4. The Morgan fingerprint density at radius 3 is 2.32 bits per heavy atom. The van der Waals surface area contributed by atoms with Crippen LogP contribution in [0.5, 0.6) is 0 Å². The SMILES string of the molecule is NC(=O)NCCC(=O)Nc1ccc(-c2ccccc2)c(C(F)(F)F)c1. The normalized spacial score (nSPS) is 11.0. The fourth-order valence-corrected chi connectivity index (χ4v) is 2.25. The molecule has 0 heterocycles. The average molecular weight is 351 g/mol. The molecule has 8 heteroatoms. The van der Waals surface area contributed by atoms with Gasteiger partial charge in [-0.2, -0.15) is 13.2 Å². The van der Waals surface area contributed by atoms with Gasteiger partial charge in [-0.15, -0.1) is 0 Å². The molecule has 0 atom stereocenters. The molecule has 0 radical (unpaired) electrons. The zero-order valence-corrected chi connectivity index (χ0v) is 13.1. The second-order valence-electron chi connectivity index (χ2n) is 5.21. The molecule has 0 aromatic heterocycles. The number of nitrogens with two attached hydrogens (primary N) is 1. The predicted molar refractivity (Wildman–Crippen MR) is 87.7 cm³/mol. The third kappa shape index (κ3) is 5.23. The molecule has 2 aromatic rings. The lowest BCUT2D eigenvalue weighted by molar-refractivity contribution is -0.137. The average Bonchev–Trinajstić information content (AvgIpc) is 2.54. The highest BCUT2D eigenvalue weighted by molar-refractivity contribution is 5.91. The van der Waals surface area contributed by atoms with Crippen molar-refractivity contribution >= 4 is 17.6 Å². The zero-order valence-electron chi connectivity index (χ0n) is 13.1. The lowest BCUT2D eigenvalue weighted by Crippen LogP contribution is -2.32. The quantitative estimate of drug-likeness (QED) is 0.772. The standard InChI is InChI=1S/C17H16F3N3O2/c18-17(19,20)14-10-12(23-15(24)8-9-22-16(21)25)6-7-13(14)11-4-2-1-3-5-11/h1-7,10H,8-9H2,(H,23,24)(H3,21,22,25). The highest BCUT2D eigenvalue weighted by Gasteiger charge is 2.34. The summed E-state index contributed by atoms with van der Waals surface area (Å²) in [4.78, 5) is 22.2. The molecule has 132 valence electrons. The van der Waals surface area contributed by atoms with Crippen LogP contribution in [-0.4, -0.2) is 18.5 Å². The first-order chi connectivity index (χ1) is 11.8. The number of halogens is 3. The van der Waals surface area contributed by atoms with Gasteiger partial charge in [-0.25, -0.2) is 4.79 Å². The third-order valence-electron chi connectivity index (χ3n) is 3.34. The van der Waals surface area contributed by atoms with Gasteiger partial charge in [-0.3, -0.25) is 4.79 Å². The summed E-state index contributed by atoms with van der Waals surface area (Å²) in [7, 11) is 0. The van der Waals surface area contributed by atoms with Crippen molar-refractivity contribution in [1.29, 1.82) is 0 Å². The van der Waals surface area contributed by atoms with E-state index in [0.29, 0.717) is 5.56 Å². The molecule has 0 aliphatic rings. The molecule has 0 aliphatic heterocycles. The number of benzene rings is 2. The van der Waals surface area contributed by atoms with E-state index in [4.69, 9.17) is 5.73 Å².